The molecular weight excluding hydrogens is 373 g/mol. The van der Waals surface area contributed by atoms with Gasteiger partial charge < -0.3 is 10.2 Å². The minimum atomic E-state index is -0.398. The second kappa shape index (κ2) is 8.82. The van der Waals surface area contributed by atoms with E-state index >= 15 is 0 Å². The van der Waals surface area contributed by atoms with E-state index in [1.54, 1.807) is 18.2 Å². The molecule has 0 atom stereocenters. The molecule has 1 fully saturated rings. The predicted molar refractivity (Wildman–Crippen MR) is 113 cm³/mol. The van der Waals surface area contributed by atoms with Gasteiger partial charge in [-0.2, -0.15) is 0 Å². The fourth-order valence-corrected chi connectivity index (χ4v) is 4.56. The first kappa shape index (κ1) is 19.1. The van der Waals surface area contributed by atoms with Gasteiger partial charge in [-0.05, 0) is 34.5 Å². The zero-order valence-corrected chi connectivity index (χ0v) is 16.6. The van der Waals surface area contributed by atoms with E-state index < -0.39 is 5.82 Å². The first-order valence-electron chi connectivity index (χ1n) is 9.63. The van der Waals surface area contributed by atoms with E-state index in [0.717, 1.165) is 32.7 Å². The summed E-state index contributed by atoms with van der Waals surface area (Å²) >= 11 is 1.81. The van der Waals surface area contributed by atoms with Crippen molar-refractivity contribution >= 4 is 33.0 Å². The van der Waals surface area contributed by atoms with Gasteiger partial charge in [0.25, 0.3) is 0 Å². The number of halogens is 1. The van der Waals surface area contributed by atoms with Crippen LogP contribution in [0, 0.1) is 5.82 Å². The van der Waals surface area contributed by atoms with Crippen LogP contribution >= 0.6 is 11.3 Å². The molecule has 1 aliphatic heterocycles. The number of para-hydroxylation sites is 1. The Morgan fingerprint density at radius 3 is 2.54 bits per heavy atom. The van der Waals surface area contributed by atoms with Gasteiger partial charge in [-0.3, -0.25) is 9.69 Å². The normalized spacial score (nSPS) is 15.8. The molecule has 2 aromatic carbocycles. The maximum atomic E-state index is 13.6. The molecule has 6 heteroatoms. The predicted octanol–water partition coefficient (Wildman–Crippen LogP) is 4.19. The van der Waals surface area contributed by atoms with E-state index in [1.807, 2.05) is 11.3 Å². The molecule has 1 saturated heterocycles. The Labute approximate surface area is 168 Å². The largest absolute Gasteiger partial charge is 0.324 e. The number of hydrogen-bond acceptors (Lipinski definition) is 4. The molecule has 28 heavy (non-hydrogen) atoms. The minimum absolute atomic E-state index is 0.141. The molecule has 1 aliphatic rings. The van der Waals surface area contributed by atoms with Crippen molar-refractivity contribution < 1.29 is 9.18 Å². The number of rotatable bonds is 6. The summed E-state index contributed by atoms with van der Waals surface area (Å²) in [7, 11) is 0. The zero-order chi connectivity index (χ0) is 19.3. The lowest BCUT2D eigenvalue weighted by molar-refractivity contribution is -0.116. The van der Waals surface area contributed by atoms with E-state index in [4.69, 9.17) is 0 Å². The number of amides is 1. The number of fused-ring (bicyclic) bond motifs is 1. The first-order chi connectivity index (χ1) is 13.7. The van der Waals surface area contributed by atoms with Gasteiger partial charge in [-0.1, -0.05) is 30.3 Å². The van der Waals surface area contributed by atoms with Crippen LogP contribution in [0.25, 0.3) is 10.1 Å². The highest BCUT2D eigenvalue weighted by Crippen LogP contribution is 2.27. The number of nitrogens with zero attached hydrogens (tertiary/aromatic N) is 2. The average molecular weight is 398 g/mol. The van der Waals surface area contributed by atoms with Gasteiger partial charge in [0.1, 0.15) is 5.82 Å². The second-order valence-electron chi connectivity index (χ2n) is 7.15. The minimum Gasteiger partial charge on any atom is -0.324 e. The maximum absolute atomic E-state index is 13.6. The Hall–Kier alpha value is -2.28. The highest BCUT2D eigenvalue weighted by atomic mass is 32.1. The van der Waals surface area contributed by atoms with Crippen LogP contribution in [-0.2, 0) is 11.3 Å². The number of anilines is 1. The molecule has 0 saturated carbocycles. The second-order valence-corrected chi connectivity index (χ2v) is 8.06. The Kier molecular flexibility index (Phi) is 6.00. The van der Waals surface area contributed by atoms with Crippen LogP contribution in [0.4, 0.5) is 10.1 Å². The fourth-order valence-electron chi connectivity index (χ4n) is 3.60. The monoisotopic (exact) mass is 397 g/mol. The van der Waals surface area contributed by atoms with Crippen LogP contribution in [-0.4, -0.2) is 48.4 Å². The Morgan fingerprint density at radius 1 is 1.00 bits per heavy atom. The van der Waals surface area contributed by atoms with Crippen molar-refractivity contribution in [2.24, 2.45) is 0 Å². The van der Waals surface area contributed by atoms with Crippen molar-refractivity contribution in [2.75, 3.05) is 38.0 Å². The standard InChI is InChI=1S/C22H24FN3OS/c23-19-6-2-3-7-20(19)24-22(27)9-10-25-11-13-26(14-12-25)15-17-16-28-21-8-4-1-5-18(17)21/h1-8,16H,9-15H2,(H,24,27). The molecule has 146 valence electrons. The summed E-state index contributed by atoms with van der Waals surface area (Å²) in [6, 6.07) is 14.8. The summed E-state index contributed by atoms with van der Waals surface area (Å²) in [4.78, 5) is 16.9. The quantitative estimate of drug-likeness (QED) is 0.678. The number of thiophene rings is 1. The van der Waals surface area contributed by atoms with Gasteiger partial charge in [-0.25, -0.2) is 4.39 Å². The summed E-state index contributed by atoms with van der Waals surface area (Å²) in [6.45, 7) is 5.59. The molecule has 4 nitrogen and oxygen atoms in total. The van der Waals surface area contributed by atoms with Gasteiger partial charge in [0.05, 0.1) is 5.69 Å². The molecule has 0 unspecified atom stereocenters. The number of piperazine rings is 1. The van der Waals surface area contributed by atoms with Gasteiger partial charge in [-0.15, -0.1) is 11.3 Å². The molecule has 4 rings (SSSR count). The molecule has 1 N–H and O–H groups in total. The van der Waals surface area contributed by atoms with E-state index in [2.05, 4.69) is 44.8 Å². The summed E-state index contributed by atoms with van der Waals surface area (Å²) in [6.07, 6.45) is 0.378. The van der Waals surface area contributed by atoms with Crippen LogP contribution in [0.3, 0.4) is 0 Å². The Bertz CT molecular complexity index is 950. The van der Waals surface area contributed by atoms with Crippen molar-refractivity contribution in [1.82, 2.24) is 9.80 Å². The number of carbonyl (C=O) groups is 1. The Morgan fingerprint density at radius 2 is 1.71 bits per heavy atom. The zero-order valence-electron chi connectivity index (χ0n) is 15.7. The third kappa shape index (κ3) is 4.58. The van der Waals surface area contributed by atoms with E-state index in [0.29, 0.717) is 13.0 Å². The lowest BCUT2D eigenvalue weighted by atomic mass is 10.1. The van der Waals surface area contributed by atoms with Crippen LogP contribution in [0.2, 0.25) is 0 Å². The van der Waals surface area contributed by atoms with Gasteiger partial charge in [0.2, 0.25) is 5.91 Å². The average Bonchev–Trinajstić information content (AvgIpc) is 3.12. The van der Waals surface area contributed by atoms with Crippen LogP contribution in [0.1, 0.15) is 12.0 Å². The smallest absolute Gasteiger partial charge is 0.225 e. The molecule has 0 radical (unpaired) electrons. The lowest BCUT2D eigenvalue weighted by Gasteiger charge is -2.34. The maximum Gasteiger partial charge on any atom is 0.225 e. The SMILES string of the molecule is O=C(CCN1CCN(Cc2csc3ccccc23)CC1)Nc1ccccc1F. The summed E-state index contributed by atoms with van der Waals surface area (Å²) in [5.41, 5.74) is 1.65. The number of carbonyl (C=O) groups excluding carboxylic acids is 1. The molecule has 3 aromatic rings. The molecule has 1 aromatic heterocycles. The fraction of sp³-hybridized carbons (Fsp3) is 0.318. The van der Waals surface area contributed by atoms with E-state index in [9.17, 15) is 9.18 Å². The number of hydrogen-bond donors (Lipinski definition) is 1. The van der Waals surface area contributed by atoms with Crippen molar-refractivity contribution in [1.29, 1.82) is 0 Å². The van der Waals surface area contributed by atoms with Crippen LogP contribution < -0.4 is 5.32 Å². The molecular formula is C22H24FN3OS. The summed E-state index contributed by atoms with van der Waals surface area (Å²) < 4.78 is 15.0. The molecule has 2 heterocycles. The number of nitrogens with one attached hydrogen (secondary N) is 1. The highest BCUT2D eigenvalue weighted by molar-refractivity contribution is 7.17. The first-order valence-corrected chi connectivity index (χ1v) is 10.5. The highest BCUT2D eigenvalue weighted by Gasteiger charge is 2.19. The molecule has 0 spiro atoms. The van der Waals surface area contributed by atoms with Gasteiger partial charge in [0.15, 0.2) is 0 Å². The summed E-state index contributed by atoms with van der Waals surface area (Å²) in [5, 5.41) is 6.28. The van der Waals surface area contributed by atoms with Crippen molar-refractivity contribution in [3.63, 3.8) is 0 Å². The van der Waals surface area contributed by atoms with Gasteiger partial charge in [0, 0.05) is 50.4 Å². The topological polar surface area (TPSA) is 35.6 Å². The lowest BCUT2D eigenvalue weighted by Crippen LogP contribution is -2.46. The van der Waals surface area contributed by atoms with E-state index in [-0.39, 0.29) is 11.6 Å². The van der Waals surface area contributed by atoms with Crippen molar-refractivity contribution in [3.05, 3.63) is 65.3 Å². The molecule has 0 bridgehead atoms. The van der Waals surface area contributed by atoms with Crippen LogP contribution in [0.5, 0.6) is 0 Å². The molecule has 0 aliphatic carbocycles. The summed E-state index contributed by atoms with van der Waals surface area (Å²) in [5.74, 6) is -0.539. The van der Waals surface area contributed by atoms with Crippen molar-refractivity contribution in [3.8, 4) is 0 Å². The number of benzene rings is 2. The molecule has 1 amide bonds. The van der Waals surface area contributed by atoms with E-state index in [1.165, 1.54) is 21.7 Å². The van der Waals surface area contributed by atoms with Gasteiger partial charge >= 0.3 is 0 Å². The third-order valence-corrected chi connectivity index (χ3v) is 6.24. The van der Waals surface area contributed by atoms with Crippen molar-refractivity contribution in [2.45, 2.75) is 13.0 Å². The Balaban J connectivity index is 1.22. The third-order valence-electron chi connectivity index (χ3n) is 5.22. The van der Waals surface area contributed by atoms with Crippen LogP contribution in [0.15, 0.2) is 53.9 Å².